The molecule has 0 unspecified atom stereocenters. The zero-order chi connectivity index (χ0) is 25.6. The Morgan fingerprint density at radius 1 is 1.03 bits per heavy atom. The van der Waals surface area contributed by atoms with E-state index in [1.54, 1.807) is 23.9 Å². The van der Waals surface area contributed by atoms with Gasteiger partial charge in [-0.25, -0.2) is 9.48 Å². The Morgan fingerprint density at radius 2 is 1.69 bits per heavy atom. The summed E-state index contributed by atoms with van der Waals surface area (Å²) in [5.74, 6) is 0.976. The summed E-state index contributed by atoms with van der Waals surface area (Å²) < 4.78 is 7.05. The van der Waals surface area contributed by atoms with E-state index in [2.05, 4.69) is 31.4 Å². The van der Waals surface area contributed by atoms with E-state index >= 15 is 0 Å². The maximum Gasteiger partial charge on any atom is 0.322 e. The summed E-state index contributed by atoms with van der Waals surface area (Å²) in [6.07, 6.45) is 0. The second kappa shape index (κ2) is 11.1. The highest BCUT2D eigenvalue weighted by Gasteiger charge is 2.24. The zero-order valence-corrected chi connectivity index (χ0v) is 21.3. The summed E-state index contributed by atoms with van der Waals surface area (Å²) in [5.41, 5.74) is 2.04. The average molecular weight is 478 g/mol. The van der Waals surface area contributed by atoms with Gasteiger partial charge in [0, 0.05) is 18.0 Å². The van der Waals surface area contributed by atoms with Crippen molar-refractivity contribution in [1.82, 2.24) is 14.7 Å². The van der Waals surface area contributed by atoms with Gasteiger partial charge >= 0.3 is 6.03 Å². The lowest BCUT2D eigenvalue weighted by atomic mass is 9.92. The topological polar surface area (TPSA) is 88.5 Å². The standard InChI is InChI=1S/C27H35N5O3/c1-19(2)17-31(26(34)28-21-14-10-11-15-22(21)35-6)18-25(33)29-24-16-23(27(3,4)5)30-32(24)20-12-8-7-9-13-20/h7-16,19H,17-18H2,1-6H3,(H,28,34)(H,29,33). The van der Waals surface area contributed by atoms with E-state index in [-0.39, 0.29) is 29.8 Å². The first kappa shape index (κ1) is 25.8. The second-order valence-corrected chi connectivity index (χ2v) is 9.87. The van der Waals surface area contributed by atoms with Crippen molar-refractivity contribution in [3.63, 3.8) is 0 Å². The first-order valence-electron chi connectivity index (χ1n) is 11.7. The fourth-order valence-electron chi connectivity index (χ4n) is 3.56. The smallest absolute Gasteiger partial charge is 0.322 e. The maximum absolute atomic E-state index is 13.1. The molecule has 1 heterocycles. The first-order chi connectivity index (χ1) is 16.6. The maximum atomic E-state index is 13.1. The molecule has 0 fully saturated rings. The second-order valence-electron chi connectivity index (χ2n) is 9.87. The van der Waals surface area contributed by atoms with Gasteiger partial charge in [-0.3, -0.25) is 4.79 Å². The number of urea groups is 1. The van der Waals surface area contributed by atoms with E-state index in [4.69, 9.17) is 9.84 Å². The molecule has 0 saturated carbocycles. The van der Waals surface area contributed by atoms with Crippen LogP contribution in [0.2, 0.25) is 0 Å². The summed E-state index contributed by atoms with van der Waals surface area (Å²) >= 11 is 0. The molecule has 186 valence electrons. The van der Waals surface area contributed by atoms with Gasteiger partial charge in [-0.05, 0) is 30.2 Å². The van der Waals surface area contributed by atoms with Gasteiger partial charge in [0.25, 0.3) is 0 Å². The highest BCUT2D eigenvalue weighted by Crippen LogP contribution is 2.27. The molecule has 8 heteroatoms. The van der Waals surface area contributed by atoms with Crippen molar-refractivity contribution in [3.05, 3.63) is 66.4 Å². The highest BCUT2D eigenvalue weighted by atomic mass is 16.5. The molecule has 0 atom stereocenters. The van der Waals surface area contributed by atoms with Crippen molar-refractivity contribution in [2.45, 2.75) is 40.0 Å². The van der Waals surface area contributed by atoms with Crippen LogP contribution >= 0.6 is 0 Å². The van der Waals surface area contributed by atoms with E-state index in [1.807, 2.05) is 62.4 Å². The molecule has 0 spiro atoms. The van der Waals surface area contributed by atoms with Crippen LogP contribution in [0, 0.1) is 5.92 Å². The fraction of sp³-hybridized carbons (Fsp3) is 0.370. The minimum absolute atomic E-state index is 0.107. The molecule has 35 heavy (non-hydrogen) atoms. The van der Waals surface area contributed by atoms with Crippen LogP contribution in [0.3, 0.4) is 0 Å². The van der Waals surface area contributed by atoms with E-state index in [9.17, 15) is 9.59 Å². The van der Waals surface area contributed by atoms with Gasteiger partial charge in [-0.1, -0.05) is 65.0 Å². The molecule has 0 aliphatic rings. The number of nitrogens with zero attached hydrogens (tertiary/aromatic N) is 3. The van der Waals surface area contributed by atoms with E-state index in [0.29, 0.717) is 23.8 Å². The molecular formula is C27H35N5O3. The minimum Gasteiger partial charge on any atom is -0.495 e. The number of hydrogen-bond donors (Lipinski definition) is 2. The molecule has 0 saturated heterocycles. The van der Waals surface area contributed by atoms with Crippen LogP contribution in [0.4, 0.5) is 16.3 Å². The Kier molecular flexibility index (Phi) is 8.17. The van der Waals surface area contributed by atoms with Crippen molar-refractivity contribution < 1.29 is 14.3 Å². The molecule has 0 aliphatic heterocycles. The van der Waals surface area contributed by atoms with Gasteiger partial charge in [0.1, 0.15) is 18.1 Å². The van der Waals surface area contributed by atoms with E-state index < -0.39 is 0 Å². The van der Waals surface area contributed by atoms with Crippen LogP contribution in [0.15, 0.2) is 60.7 Å². The molecule has 8 nitrogen and oxygen atoms in total. The lowest BCUT2D eigenvalue weighted by molar-refractivity contribution is -0.116. The molecule has 0 bridgehead atoms. The SMILES string of the molecule is COc1ccccc1NC(=O)N(CC(=O)Nc1cc(C(C)(C)C)nn1-c1ccccc1)CC(C)C. The van der Waals surface area contributed by atoms with Gasteiger partial charge in [-0.15, -0.1) is 0 Å². The van der Waals surface area contributed by atoms with Crippen LogP contribution in [0.1, 0.15) is 40.3 Å². The summed E-state index contributed by atoms with van der Waals surface area (Å²) in [7, 11) is 1.55. The Morgan fingerprint density at radius 3 is 2.31 bits per heavy atom. The van der Waals surface area contributed by atoms with E-state index in [1.165, 1.54) is 4.90 Å². The summed E-state index contributed by atoms with van der Waals surface area (Å²) in [6.45, 7) is 10.5. The average Bonchev–Trinajstić information content (AvgIpc) is 3.23. The summed E-state index contributed by atoms with van der Waals surface area (Å²) in [6, 6.07) is 18.3. The van der Waals surface area contributed by atoms with Gasteiger partial charge in [-0.2, -0.15) is 5.10 Å². The Balaban J connectivity index is 1.81. The number of carbonyl (C=O) groups excluding carboxylic acids is 2. The summed E-state index contributed by atoms with van der Waals surface area (Å²) in [4.78, 5) is 27.7. The number of anilines is 2. The normalized spacial score (nSPS) is 11.3. The van der Waals surface area contributed by atoms with Crippen LogP contribution < -0.4 is 15.4 Å². The highest BCUT2D eigenvalue weighted by molar-refractivity contribution is 5.97. The number of amides is 3. The number of ether oxygens (including phenoxy) is 1. The molecule has 3 rings (SSSR count). The molecule has 3 amide bonds. The first-order valence-corrected chi connectivity index (χ1v) is 11.7. The third-order valence-electron chi connectivity index (χ3n) is 5.30. The van der Waals surface area contributed by atoms with Crippen LogP contribution in [-0.2, 0) is 10.2 Å². The van der Waals surface area contributed by atoms with Crippen molar-refractivity contribution in [3.8, 4) is 11.4 Å². The van der Waals surface area contributed by atoms with Gasteiger partial charge < -0.3 is 20.3 Å². The Hall–Kier alpha value is -3.81. The number of para-hydroxylation sites is 3. The number of benzene rings is 2. The Labute approximate surface area is 207 Å². The van der Waals surface area contributed by atoms with Crippen molar-refractivity contribution >= 4 is 23.4 Å². The number of rotatable bonds is 8. The largest absolute Gasteiger partial charge is 0.495 e. The van der Waals surface area contributed by atoms with Crippen molar-refractivity contribution in [1.29, 1.82) is 0 Å². The number of aromatic nitrogens is 2. The molecule has 1 aromatic heterocycles. The van der Waals surface area contributed by atoms with Gasteiger partial charge in [0.2, 0.25) is 5.91 Å². The third kappa shape index (κ3) is 6.85. The number of hydrogen-bond acceptors (Lipinski definition) is 4. The summed E-state index contributed by atoms with van der Waals surface area (Å²) in [5, 5.41) is 10.6. The lowest BCUT2D eigenvalue weighted by Gasteiger charge is -2.25. The lowest BCUT2D eigenvalue weighted by Crippen LogP contribution is -2.42. The molecule has 2 aromatic carbocycles. The fourth-order valence-corrected chi connectivity index (χ4v) is 3.56. The Bertz CT molecular complexity index is 1150. The quantitative estimate of drug-likeness (QED) is 0.460. The van der Waals surface area contributed by atoms with Crippen molar-refractivity contribution in [2.75, 3.05) is 30.8 Å². The van der Waals surface area contributed by atoms with Gasteiger partial charge in [0.15, 0.2) is 0 Å². The predicted molar refractivity (Wildman–Crippen MR) is 139 cm³/mol. The minimum atomic E-state index is -0.370. The molecule has 2 N–H and O–H groups in total. The monoisotopic (exact) mass is 477 g/mol. The number of carbonyl (C=O) groups is 2. The van der Waals surface area contributed by atoms with E-state index in [0.717, 1.165) is 11.4 Å². The predicted octanol–water partition coefficient (Wildman–Crippen LogP) is 5.31. The molecule has 3 aromatic rings. The number of nitrogens with one attached hydrogen (secondary N) is 2. The van der Waals surface area contributed by atoms with Crippen LogP contribution in [0.25, 0.3) is 5.69 Å². The van der Waals surface area contributed by atoms with Crippen LogP contribution in [0.5, 0.6) is 5.75 Å². The molecule has 0 radical (unpaired) electrons. The van der Waals surface area contributed by atoms with Crippen molar-refractivity contribution in [2.24, 2.45) is 5.92 Å². The third-order valence-corrected chi connectivity index (χ3v) is 5.30. The molecular weight excluding hydrogens is 442 g/mol. The van der Waals surface area contributed by atoms with Gasteiger partial charge in [0.05, 0.1) is 24.2 Å². The molecule has 0 aliphatic carbocycles. The zero-order valence-electron chi connectivity index (χ0n) is 21.3. The van der Waals surface area contributed by atoms with Crippen LogP contribution in [-0.4, -0.2) is 46.8 Å². The number of methoxy groups -OCH3 is 1.